The number of rotatable bonds is 7. The number of benzene rings is 1. The van der Waals surface area contributed by atoms with Crippen molar-refractivity contribution in [2.24, 2.45) is 0 Å². The Labute approximate surface area is 179 Å². The lowest BCUT2D eigenvalue weighted by molar-refractivity contribution is 0.0955. The van der Waals surface area contributed by atoms with Crippen LogP contribution in [0.3, 0.4) is 0 Å². The van der Waals surface area contributed by atoms with E-state index in [1.165, 1.54) is 0 Å². The highest BCUT2D eigenvalue weighted by molar-refractivity contribution is 6.74. The minimum absolute atomic E-state index is 0.00159. The first-order valence-electron chi connectivity index (χ1n) is 10.4. The molecule has 30 heavy (non-hydrogen) atoms. The van der Waals surface area contributed by atoms with Crippen LogP contribution in [-0.2, 0) is 4.43 Å². The van der Waals surface area contributed by atoms with Gasteiger partial charge in [0.15, 0.2) is 25.5 Å². The molecule has 0 aliphatic rings. The second-order valence-corrected chi connectivity index (χ2v) is 14.2. The van der Waals surface area contributed by atoms with Gasteiger partial charge in [0.1, 0.15) is 5.69 Å². The molecule has 3 rings (SSSR count). The van der Waals surface area contributed by atoms with E-state index in [2.05, 4.69) is 51.0 Å². The highest BCUT2D eigenvalue weighted by atomic mass is 28.4. The second kappa shape index (κ2) is 8.36. The van der Waals surface area contributed by atoms with Crippen LogP contribution in [0.2, 0.25) is 18.1 Å². The molecule has 0 aliphatic heterocycles. The van der Waals surface area contributed by atoms with Crippen LogP contribution in [0, 0.1) is 6.92 Å². The van der Waals surface area contributed by atoms with Crippen LogP contribution in [-0.4, -0.2) is 35.2 Å². The fourth-order valence-corrected chi connectivity index (χ4v) is 4.40. The molecule has 3 aromatic rings. The van der Waals surface area contributed by atoms with Crippen molar-refractivity contribution in [2.45, 2.75) is 58.2 Å². The van der Waals surface area contributed by atoms with Gasteiger partial charge in [0.25, 0.3) is 0 Å². The van der Waals surface area contributed by atoms with E-state index < -0.39 is 8.32 Å². The summed E-state index contributed by atoms with van der Waals surface area (Å²) in [5, 5.41) is 10.2. The molecule has 2 heterocycles. The van der Waals surface area contributed by atoms with Crippen molar-refractivity contribution in [3.05, 3.63) is 65.6 Å². The number of ketones is 1. The Hall–Kier alpha value is -2.44. The maximum atomic E-state index is 13.4. The smallest absolute Gasteiger partial charge is 0.192 e. The quantitative estimate of drug-likeness (QED) is 0.389. The van der Waals surface area contributed by atoms with Crippen molar-refractivity contribution in [3.63, 3.8) is 0 Å². The van der Waals surface area contributed by atoms with E-state index in [0.717, 1.165) is 5.56 Å². The third-order valence-corrected chi connectivity index (χ3v) is 10.7. The number of aryl methyl sites for hydroxylation is 1. The van der Waals surface area contributed by atoms with E-state index >= 15 is 0 Å². The van der Waals surface area contributed by atoms with E-state index in [-0.39, 0.29) is 22.5 Å². The largest absolute Gasteiger partial charge is 0.504 e. The Kier molecular flexibility index (Phi) is 6.20. The van der Waals surface area contributed by atoms with Crippen molar-refractivity contribution in [1.29, 1.82) is 0 Å². The van der Waals surface area contributed by atoms with E-state index in [4.69, 9.17) is 4.43 Å². The molecular weight excluding hydrogens is 392 g/mol. The van der Waals surface area contributed by atoms with Crippen molar-refractivity contribution < 1.29 is 14.3 Å². The number of carbonyl (C=O) groups excluding carboxylic acids is 1. The number of hydrogen-bond donors (Lipinski definition) is 1. The Bertz CT molecular complexity index is 1040. The molecule has 0 aliphatic carbocycles. The van der Waals surface area contributed by atoms with Gasteiger partial charge in [0, 0.05) is 25.1 Å². The van der Waals surface area contributed by atoms with E-state index in [0.29, 0.717) is 30.1 Å². The zero-order valence-electron chi connectivity index (χ0n) is 18.8. The number of fused-ring (bicyclic) bond motifs is 1. The summed E-state index contributed by atoms with van der Waals surface area (Å²) in [6, 6.07) is 13.4. The van der Waals surface area contributed by atoms with Gasteiger partial charge in [-0.05, 0) is 42.8 Å². The van der Waals surface area contributed by atoms with Crippen LogP contribution in [0.4, 0.5) is 0 Å². The molecule has 2 aromatic heterocycles. The minimum Gasteiger partial charge on any atom is -0.504 e. The molecule has 0 amide bonds. The number of Topliss-reactive ketones (excluding diaryl/α,β-unsaturated/α-hetero) is 1. The van der Waals surface area contributed by atoms with E-state index in [1.54, 1.807) is 22.7 Å². The first kappa shape index (κ1) is 22.2. The lowest BCUT2D eigenvalue weighted by Gasteiger charge is -2.37. The molecule has 160 valence electrons. The monoisotopic (exact) mass is 424 g/mol. The van der Waals surface area contributed by atoms with Crippen LogP contribution in [0.15, 0.2) is 48.7 Å². The summed E-state index contributed by atoms with van der Waals surface area (Å²) in [7, 11) is -1.94. The molecule has 1 N–H and O–H groups in total. The predicted octanol–water partition coefficient (Wildman–Crippen LogP) is 5.73. The van der Waals surface area contributed by atoms with Gasteiger partial charge in [-0.1, -0.05) is 51.1 Å². The van der Waals surface area contributed by atoms with Gasteiger partial charge in [0.05, 0.1) is 5.69 Å². The Balaban J connectivity index is 1.90. The van der Waals surface area contributed by atoms with Crippen molar-refractivity contribution in [3.8, 4) is 5.75 Å². The first-order chi connectivity index (χ1) is 14.0. The predicted molar refractivity (Wildman–Crippen MR) is 123 cm³/mol. The fourth-order valence-electron chi connectivity index (χ4n) is 3.35. The van der Waals surface area contributed by atoms with Crippen LogP contribution >= 0.6 is 0 Å². The summed E-state index contributed by atoms with van der Waals surface area (Å²) in [6.45, 7) is 13.4. The molecule has 0 radical (unpaired) electrons. The maximum absolute atomic E-state index is 13.4. The summed E-state index contributed by atoms with van der Waals surface area (Å²) in [5.74, 6) is 0.0221. The van der Waals surface area contributed by atoms with Crippen LogP contribution < -0.4 is 0 Å². The molecule has 0 saturated heterocycles. The average molecular weight is 425 g/mol. The molecule has 0 spiro atoms. The third kappa shape index (κ3) is 4.49. The van der Waals surface area contributed by atoms with Gasteiger partial charge >= 0.3 is 0 Å². The van der Waals surface area contributed by atoms with Crippen LogP contribution in [0.1, 0.15) is 54.9 Å². The van der Waals surface area contributed by atoms with Gasteiger partial charge in [0.2, 0.25) is 0 Å². The Morgan fingerprint density at radius 2 is 1.83 bits per heavy atom. The van der Waals surface area contributed by atoms with Gasteiger partial charge in [-0.2, -0.15) is 0 Å². The molecule has 6 heteroatoms. The minimum atomic E-state index is -1.94. The Morgan fingerprint density at radius 3 is 2.47 bits per heavy atom. The SMILES string of the molecule is Cc1nc2c(O)cccn2c1C(=O)C[C@@H](CO[Si](C)(C)C(C)(C)C)c1ccccc1. The summed E-state index contributed by atoms with van der Waals surface area (Å²) >= 11 is 0. The Morgan fingerprint density at radius 1 is 1.17 bits per heavy atom. The number of aromatic nitrogens is 2. The maximum Gasteiger partial charge on any atom is 0.192 e. The second-order valence-electron chi connectivity index (χ2n) is 9.44. The molecular formula is C24H32N2O3Si. The number of carbonyl (C=O) groups is 1. The summed E-state index contributed by atoms with van der Waals surface area (Å²) in [6.07, 6.45) is 2.09. The van der Waals surface area contributed by atoms with Crippen LogP contribution in [0.5, 0.6) is 5.75 Å². The molecule has 0 bridgehead atoms. The zero-order valence-corrected chi connectivity index (χ0v) is 19.8. The summed E-state index contributed by atoms with van der Waals surface area (Å²) < 4.78 is 8.17. The van der Waals surface area contributed by atoms with Crippen molar-refractivity contribution >= 4 is 19.7 Å². The van der Waals surface area contributed by atoms with Gasteiger partial charge in [-0.15, -0.1) is 0 Å². The summed E-state index contributed by atoms with van der Waals surface area (Å²) in [5.41, 5.74) is 2.65. The standard InChI is InChI=1S/C24H32N2O3Si/c1-17-22(26-14-10-13-20(27)23(26)25-17)21(28)15-19(18-11-8-7-9-12-18)16-29-30(5,6)24(2,3)4/h7-14,19,27H,15-16H2,1-6H3/t19-/m0/s1. The normalized spacial score (nSPS) is 13.5. The first-order valence-corrected chi connectivity index (χ1v) is 13.3. The molecule has 0 saturated carbocycles. The number of imidazole rings is 1. The van der Waals surface area contributed by atoms with Gasteiger partial charge in [-0.25, -0.2) is 4.98 Å². The van der Waals surface area contributed by atoms with E-state index in [1.807, 2.05) is 25.1 Å². The number of hydrogen-bond acceptors (Lipinski definition) is 4. The molecule has 1 aromatic carbocycles. The number of aromatic hydroxyl groups is 1. The lowest BCUT2D eigenvalue weighted by atomic mass is 9.93. The lowest BCUT2D eigenvalue weighted by Crippen LogP contribution is -2.41. The molecule has 0 unspecified atom stereocenters. The number of nitrogens with zero attached hydrogens (tertiary/aromatic N) is 2. The molecule has 1 atom stereocenters. The topological polar surface area (TPSA) is 63.8 Å². The fraction of sp³-hybridized carbons (Fsp3) is 0.417. The van der Waals surface area contributed by atoms with Crippen LogP contribution in [0.25, 0.3) is 5.65 Å². The highest BCUT2D eigenvalue weighted by Gasteiger charge is 2.38. The summed E-state index contributed by atoms with van der Waals surface area (Å²) in [4.78, 5) is 17.8. The van der Waals surface area contributed by atoms with Gasteiger partial charge in [-0.3, -0.25) is 9.20 Å². The zero-order chi connectivity index (χ0) is 22.1. The average Bonchev–Trinajstić information content (AvgIpc) is 3.02. The van der Waals surface area contributed by atoms with Crippen molar-refractivity contribution in [2.75, 3.05) is 6.61 Å². The third-order valence-electron chi connectivity index (χ3n) is 6.22. The van der Waals surface area contributed by atoms with E-state index in [9.17, 15) is 9.90 Å². The molecule has 0 fully saturated rings. The molecule has 5 nitrogen and oxygen atoms in total. The van der Waals surface area contributed by atoms with Gasteiger partial charge < -0.3 is 9.53 Å². The highest BCUT2D eigenvalue weighted by Crippen LogP contribution is 2.38. The number of pyridine rings is 1. The van der Waals surface area contributed by atoms with Crippen molar-refractivity contribution in [1.82, 2.24) is 9.38 Å².